The van der Waals surface area contributed by atoms with Crippen LogP contribution in [-0.2, 0) is 4.74 Å². The molecule has 1 heterocycles. The summed E-state index contributed by atoms with van der Waals surface area (Å²) in [5, 5.41) is 2.88. The van der Waals surface area contributed by atoms with Crippen LogP contribution in [0.5, 0.6) is 0 Å². The molecule has 4 nitrogen and oxygen atoms in total. The van der Waals surface area contributed by atoms with Crippen LogP contribution in [0.1, 0.15) is 10.4 Å². The van der Waals surface area contributed by atoms with Crippen molar-refractivity contribution in [1.82, 2.24) is 10.3 Å². The van der Waals surface area contributed by atoms with Gasteiger partial charge in [0.25, 0.3) is 0 Å². The molecule has 4 heteroatoms. The van der Waals surface area contributed by atoms with Crippen molar-refractivity contribution in [2.45, 2.75) is 0 Å². The highest BCUT2D eigenvalue weighted by Crippen LogP contribution is 1.98. The van der Waals surface area contributed by atoms with Gasteiger partial charge in [0.05, 0.1) is 5.56 Å². The molecule has 0 spiro atoms. The number of rotatable bonds is 4. The van der Waals surface area contributed by atoms with Gasteiger partial charge in [-0.25, -0.2) is 4.79 Å². The normalized spacial score (nSPS) is 9.62. The van der Waals surface area contributed by atoms with Gasteiger partial charge in [0.2, 0.25) is 0 Å². The molecule has 0 radical (unpaired) electrons. The molecule has 1 N–H and O–H groups in total. The molecule has 0 fully saturated rings. The number of carbonyl (C=O) groups is 1. The maximum Gasteiger partial charge on any atom is 0.338 e. The Morgan fingerprint density at radius 3 is 2.85 bits per heavy atom. The van der Waals surface area contributed by atoms with Crippen LogP contribution in [-0.4, -0.2) is 31.2 Å². The van der Waals surface area contributed by atoms with E-state index in [9.17, 15) is 4.79 Å². The first-order valence-electron chi connectivity index (χ1n) is 4.06. The Labute approximate surface area is 76.9 Å². The molecule has 0 amide bonds. The maximum atomic E-state index is 11.2. The Kier molecular flexibility index (Phi) is 3.92. The lowest BCUT2D eigenvalue weighted by Gasteiger charge is -2.02. The molecule has 0 aliphatic rings. The van der Waals surface area contributed by atoms with Crippen LogP contribution in [0.4, 0.5) is 0 Å². The largest absolute Gasteiger partial charge is 0.461 e. The molecular weight excluding hydrogens is 168 g/mol. The second-order valence-corrected chi connectivity index (χ2v) is 2.48. The molecule has 0 bridgehead atoms. The molecule has 0 saturated heterocycles. The number of hydrogen-bond donors (Lipinski definition) is 1. The number of likely N-dealkylation sites (N-methyl/N-ethyl adjacent to an activating group) is 1. The highest BCUT2D eigenvalue weighted by atomic mass is 16.5. The molecule has 0 saturated carbocycles. The molecule has 0 aromatic carbocycles. The van der Waals surface area contributed by atoms with Crippen LogP contribution in [0.25, 0.3) is 0 Å². The quantitative estimate of drug-likeness (QED) is 0.540. The molecule has 1 aromatic rings. The van der Waals surface area contributed by atoms with E-state index in [4.69, 9.17) is 4.74 Å². The zero-order valence-electron chi connectivity index (χ0n) is 7.49. The highest BCUT2D eigenvalue weighted by molar-refractivity contribution is 5.89. The van der Waals surface area contributed by atoms with Crippen LogP contribution in [0.2, 0.25) is 0 Å². The van der Waals surface area contributed by atoms with Gasteiger partial charge in [-0.15, -0.1) is 0 Å². The van der Waals surface area contributed by atoms with E-state index in [-0.39, 0.29) is 5.97 Å². The van der Waals surface area contributed by atoms with Gasteiger partial charge in [0, 0.05) is 18.9 Å². The number of esters is 1. The van der Waals surface area contributed by atoms with Gasteiger partial charge in [0.1, 0.15) is 6.61 Å². The van der Waals surface area contributed by atoms with E-state index in [0.29, 0.717) is 18.7 Å². The van der Waals surface area contributed by atoms with Gasteiger partial charge in [-0.1, -0.05) is 0 Å². The first kappa shape index (κ1) is 9.67. The predicted octanol–water partition coefficient (Wildman–Crippen LogP) is 0.458. The summed E-state index contributed by atoms with van der Waals surface area (Å²) in [7, 11) is 1.81. The van der Waals surface area contributed by atoms with Crippen LogP contribution in [0, 0.1) is 0 Å². The first-order valence-corrected chi connectivity index (χ1v) is 4.06. The summed E-state index contributed by atoms with van der Waals surface area (Å²) in [6.07, 6.45) is 3.13. The number of hydrogen-bond acceptors (Lipinski definition) is 4. The Bertz CT molecular complexity index is 262. The minimum absolute atomic E-state index is 0.308. The van der Waals surface area contributed by atoms with Gasteiger partial charge in [-0.3, -0.25) is 4.98 Å². The van der Waals surface area contributed by atoms with Gasteiger partial charge < -0.3 is 10.1 Å². The van der Waals surface area contributed by atoms with E-state index in [2.05, 4.69) is 10.3 Å². The topological polar surface area (TPSA) is 51.2 Å². The van der Waals surface area contributed by atoms with Crippen molar-refractivity contribution in [3.63, 3.8) is 0 Å². The fourth-order valence-electron chi connectivity index (χ4n) is 0.817. The molecule has 70 valence electrons. The molecular formula is C9H12N2O2. The van der Waals surface area contributed by atoms with Crippen molar-refractivity contribution in [1.29, 1.82) is 0 Å². The monoisotopic (exact) mass is 180 g/mol. The summed E-state index contributed by atoms with van der Waals surface area (Å²) in [4.78, 5) is 15.0. The van der Waals surface area contributed by atoms with Gasteiger partial charge in [0.15, 0.2) is 0 Å². The van der Waals surface area contributed by atoms with Crippen molar-refractivity contribution in [3.8, 4) is 0 Å². The zero-order valence-corrected chi connectivity index (χ0v) is 7.49. The van der Waals surface area contributed by atoms with Gasteiger partial charge in [-0.05, 0) is 19.2 Å². The zero-order chi connectivity index (χ0) is 9.52. The summed E-state index contributed by atoms with van der Waals surface area (Å²) >= 11 is 0. The Balaban J connectivity index is 2.40. The Hall–Kier alpha value is -1.42. The summed E-state index contributed by atoms with van der Waals surface area (Å²) < 4.78 is 4.94. The summed E-state index contributed by atoms with van der Waals surface area (Å²) in [5.41, 5.74) is 0.533. The van der Waals surface area contributed by atoms with Gasteiger partial charge >= 0.3 is 5.97 Å². The molecule has 1 rings (SSSR count). The van der Waals surface area contributed by atoms with Crippen molar-refractivity contribution < 1.29 is 9.53 Å². The van der Waals surface area contributed by atoms with E-state index in [1.54, 1.807) is 31.6 Å². The molecule has 0 atom stereocenters. The summed E-state index contributed by atoms with van der Waals surface area (Å²) in [6, 6.07) is 3.25. The SMILES string of the molecule is CNCCOC(=O)c1ccncc1. The van der Waals surface area contributed by atoms with Crippen LogP contribution in [0.3, 0.4) is 0 Å². The van der Waals surface area contributed by atoms with Crippen LogP contribution >= 0.6 is 0 Å². The van der Waals surface area contributed by atoms with E-state index in [1.807, 2.05) is 0 Å². The first-order chi connectivity index (χ1) is 6.34. The number of ether oxygens (including phenoxy) is 1. The van der Waals surface area contributed by atoms with E-state index >= 15 is 0 Å². The molecule has 0 unspecified atom stereocenters. The minimum atomic E-state index is -0.308. The average molecular weight is 180 g/mol. The van der Waals surface area contributed by atoms with Crippen molar-refractivity contribution in [3.05, 3.63) is 30.1 Å². The van der Waals surface area contributed by atoms with E-state index in [0.717, 1.165) is 0 Å². The average Bonchev–Trinajstić information content (AvgIpc) is 2.19. The van der Waals surface area contributed by atoms with Gasteiger partial charge in [-0.2, -0.15) is 0 Å². The third-order valence-electron chi connectivity index (χ3n) is 1.50. The highest BCUT2D eigenvalue weighted by Gasteiger charge is 2.04. The standard InChI is InChI=1S/C9H12N2O2/c1-10-6-7-13-9(12)8-2-4-11-5-3-8/h2-5,10H,6-7H2,1H3. The van der Waals surface area contributed by atoms with E-state index < -0.39 is 0 Å². The fourth-order valence-corrected chi connectivity index (χ4v) is 0.817. The lowest BCUT2D eigenvalue weighted by Crippen LogP contribution is -2.17. The number of aromatic nitrogens is 1. The van der Waals surface area contributed by atoms with Crippen LogP contribution < -0.4 is 5.32 Å². The molecule has 1 aromatic heterocycles. The van der Waals surface area contributed by atoms with Crippen molar-refractivity contribution in [2.24, 2.45) is 0 Å². The lowest BCUT2D eigenvalue weighted by atomic mass is 10.3. The molecule has 0 aliphatic heterocycles. The smallest absolute Gasteiger partial charge is 0.338 e. The van der Waals surface area contributed by atoms with E-state index in [1.165, 1.54) is 0 Å². The second-order valence-electron chi connectivity index (χ2n) is 2.48. The van der Waals surface area contributed by atoms with Crippen LogP contribution in [0.15, 0.2) is 24.5 Å². The number of carbonyl (C=O) groups excluding carboxylic acids is 1. The Morgan fingerprint density at radius 2 is 2.23 bits per heavy atom. The third-order valence-corrected chi connectivity index (χ3v) is 1.50. The third kappa shape index (κ3) is 3.21. The summed E-state index contributed by atoms with van der Waals surface area (Å²) in [5.74, 6) is -0.308. The molecule has 0 aliphatic carbocycles. The number of nitrogens with one attached hydrogen (secondary N) is 1. The van der Waals surface area contributed by atoms with Crippen molar-refractivity contribution >= 4 is 5.97 Å². The number of nitrogens with zero attached hydrogens (tertiary/aromatic N) is 1. The lowest BCUT2D eigenvalue weighted by molar-refractivity contribution is 0.0510. The predicted molar refractivity (Wildman–Crippen MR) is 48.4 cm³/mol. The van der Waals surface area contributed by atoms with Crippen molar-refractivity contribution in [2.75, 3.05) is 20.2 Å². The fraction of sp³-hybridized carbons (Fsp3) is 0.333. The minimum Gasteiger partial charge on any atom is -0.461 e. The summed E-state index contributed by atoms with van der Waals surface area (Å²) in [6.45, 7) is 1.05. The Morgan fingerprint density at radius 1 is 1.54 bits per heavy atom. The molecule has 13 heavy (non-hydrogen) atoms. The number of pyridine rings is 1. The second kappa shape index (κ2) is 5.27. The maximum absolute atomic E-state index is 11.2.